The summed E-state index contributed by atoms with van der Waals surface area (Å²) in [7, 11) is 0. The van der Waals surface area contributed by atoms with Gasteiger partial charge in [0.15, 0.2) is 5.82 Å². The van der Waals surface area contributed by atoms with E-state index in [0.717, 1.165) is 35.8 Å². The van der Waals surface area contributed by atoms with Crippen LogP contribution in [0.15, 0.2) is 42.6 Å². The van der Waals surface area contributed by atoms with Crippen LogP contribution in [0.25, 0.3) is 11.0 Å². The standard InChI is InChI=1S/C21H26N4O/c1-14-23-16-10-11-22-19(16)20(24-14)25-12-17(15-8-6-5-7-9-15)26-18(13-25)21(2,3)4/h5-11,17-18,22H,12-13H2,1-4H3/t17-,18+/m0/s1. The number of aromatic nitrogens is 3. The Morgan fingerprint density at radius 3 is 2.58 bits per heavy atom. The van der Waals surface area contributed by atoms with Crippen molar-refractivity contribution in [3.63, 3.8) is 0 Å². The summed E-state index contributed by atoms with van der Waals surface area (Å²) in [6.45, 7) is 10.3. The molecule has 2 aromatic heterocycles. The molecule has 0 radical (unpaired) electrons. The van der Waals surface area contributed by atoms with Gasteiger partial charge < -0.3 is 14.6 Å². The Balaban J connectivity index is 1.75. The molecule has 1 fully saturated rings. The summed E-state index contributed by atoms with van der Waals surface area (Å²) in [5, 5.41) is 0. The number of benzene rings is 1. The minimum absolute atomic E-state index is 0.0226. The van der Waals surface area contributed by atoms with Crippen LogP contribution >= 0.6 is 0 Å². The molecule has 4 rings (SSSR count). The number of nitrogens with one attached hydrogen (secondary N) is 1. The summed E-state index contributed by atoms with van der Waals surface area (Å²) in [5.74, 6) is 1.76. The van der Waals surface area contributed by atoms with E-state index in [1.54, 1.807) is 0 Å². The first kappa shape index (κ1) is 17.0. The van der Waals surface area contributed by atoms with Crippen molar-refractivity contribution in [2.45, 2.75) is 39.9 Å². The van der Waals surface area contributed by atoms with Crippen LogP contribution in [0.1, 0.15) is 38.3 Å². The highest BCUT2D eigenvalue weighted by Crippen LogP contribution is 2.36. The number of rotatable bonds is 2. The van der Waals surface area contributed by atoms with Crippen LogP contribution in [0.5, 0.6) is 0 Å². The fourth-order valence-electron chi connectivity index (χ4n) is 3.53. The van der Waals surface area contributed by atoms with Gasteiger partial charge in [-0.25, -0.2) is 9.97 Å². The van der Waals surface area contributed by atoms with Crippen LogP contribution in [-0.2, 0) is 4.74 Å². The third-order valence-corrected chi connectivity index (χ3v) is 5.04. The Kier molecular flexibility index (Phi) is 4.19. The van der Waals surface area contributed by atoms with Crippen molar-refractivity contribution in [3.05, 3.63) is 54.0 Å². The van der Waals surface area contributed by atoms with E-state index in [1.807, 2.05) is 25.3 Å². The van der Waals surface area contributed by atoms with Crippen molar-refractivity contribution < 1.29 is 4.74 Å². The first-order valence-corrected chi connectivity index (χ1v) is 9.19. The lowest BCUT2D eigenvalue weighted by Crippen LogP contribution is -2.49. The fourth-order valence-corrected chi connectivity index (χ4v) is 3.53. The molecule has 1 saturated heterocycles. The van der Waals surface area contributed by atoms with Crippen LogP contribution in [-0.4, -0.2) is 34.1 Å². The summed E-state index contributed by atoms with van der Waals surface area (Å²) in [4.78, 5) is 15.0. The Hall–Kier alpha value is -2.40. The van der Waals surface area contributed by atoms with Gasteiger partial charge in [-0.1, -0.05) is 51.1 Å². The molecule has 0 bridgehead atoms. The zero-order valence-corrected chi connectivity index (χ0v) is 15.9. The molecule has 1 aliphatic heterocycles. The van der Waals surface area contributed by atoms with Crippen molar-refractivity contribution in [3.8, 4) is 0 Å². The van der Waals surface area contributed by atoms with E-state index in [9.17, 15) is 0 Å². The third kappa shape index (κ3) is 3.19. The Labute approximate surface area is 154 Å². The molecule has 3 aromatic rings. The quantitative estimate of drug-likeness (QED) is 0.750. The molecule has 136 valence electrons. The van der Waals surface area contributed by atoms with Gasteiger partial charge in [0, 0.05) is 19.3 Å². The zero-order valence-electron chi connectivity index (χ0n) is 15.9. The maximum Gasteiger partial charge on any atom is 0.156 e. The minimum Gasteiger partial charge on any atom is -0.366 e. The molecule has 2 atom stereocenters. The maximum atomic E-state index is 6.52. The predicted molar refractivity (Wildman–Crippen MR) is 104 cm³/mol. The van der Waals surface area contributed by atoms with E-state index in [-0.39, 0.29) is 17.6 Å². The molecule has 26 heavy (non-hydrogen) atoms. The normalized spacial score (nSPS) is 21.3. The lowest BCUT2D eigenvalue weighted by atomic mass is 9.87. The van der Waals surface area contributed by atoms with Crippen LogP contribution < -0.4 is 4.90 Å². The molecular weight excluding hydrogens is 324 g/mol. The highest BCUT2D eigenvalue weighted by molar-refractivity contribution is 5.86. The van der Waals surface area contributed by atoms with E-state index >= 15 is 0 Å². The van der Waals surface area contributed by atoms with E-state index in [1.165, 1.54) is 5.56 Å². The van der Waals surface area contributed by atoms with Gasteiger partial charge in [0.2, 0.25) is 0 Å². The average molecular weight is 350 g/mol. The van der Waals surface area contributed by atoms with Gasteiger partial charge in [-0.05, 0) is 24.0 Å². The highest BCUT2D eigenvalue weighted by atomic mass is 16.5. The molecule has 5 nitrogen and oxygen atoms in total. The van der Waals surface area contributed by atoms with Crippen LogP contribution in [0.4, 0.5) is 5.82 Å². The lowest BCUT2D eigenvalue weighted by Gasteiger charge is -2.44. The van der Waals surface area contributed by atoms with Crippen molar-refractivity contribution in [1.29, 1.82) is 0 Å². The smallest absolute Gasteiger partial charge is 0.156 e. The van der Waals surface area contributed by atoms with Gasteiger partial charge in [0.05, 0.1) is 11.6 Å². The highest BCUT2D eigenvalue weighted by Gasteiger charge is 2.36. The summed E-state index contributed by atoms with van der Waals surface area (Å²) in [6.07, 6.45) is 2.06. The number of hydrogen-bond donors (Lipinski definition) is 1. The van der Waals surface area contributed by atoms with E-state index in [4.69, 9.17) is 9.72 Å². The number of anilines is 1. The van der Waals surface area contributed by atoms with Gasteiger partial charge in [-0.2, -0.15) is 0 Å². The van der Waals surface area contributed by atoms with Crippen LogP contribution in [0, 0.1) is 12.3 Å². The molecule has 3 heterocycles. The number of aryl methyl sites for hydroxylation is 1. The molecule has 5 heteroatoms. The molecule has 0 amide bonds. The molecule has 0 aliphatic carbocycles. The number of hydrogen-bond acceptors (Lipinski definition) is 4. The number of aromatic amines is 1. The van der Waals surface area contributed by atoms with Crippen molar-refractivity contribution in [2.24, 2.45) is 5.41 Å². The molecular formula is C21H26N4O. The molecule has 0 spiro atoms. The Morgan fingerprint density at radius 1 is 1.08 bits per heavy atom. The van der Waals surface area contributed by atoms with Gasteiger partial charge in [0.25, 0.3) is 0 Å². The summed E-state index contributed by atoms with van der Waals surface area (Å²) in [5.41, 5.74) is 3.21. The van der Waals surface area contributed by atoms with E-state index < -0.39 is 0 Å². The predicted octanol–water partition coefficient (Wildman–Crippen LogP) is 4.26. The van der Waals surface area contributed by atoms with Crippen molar-refractivity contribution >= 4 is 16.9 Å². The van der Waals surface area contributed by atoms with Crippen LogP contribution in [0.3, 0.4) is 0 Å². The fraction of sp³-hybridized carbons (Fsp3) is 0.429. The summed E-state index contributed by atoms with van der Waals surface area (Å²) >= 11 is 0. The van der Waals surface area contributed by atoms with E-state index in [0.29, 0.717) is 0 Å². The second kappa shape index (κ2) is 6.40. The maximum absolute atomic E-state index is 6.52. The monoisotopic (exact) mass is 350 g/mol. The first-order valence-electron chi connectivity index (χ1n) is 9.19. The number of fused-ring (bicyclic) bond motifs is 1. The summed E-state index contributed by atoms with van der Waals surface area (Å²) in [6, 6.07) is 12.5. The Morgan fingerprint density at radius 2 is 1.85 bits per heavy atom. The number of nitrogens with zero attached hydrogens (tertiary/aromatic N) is 3. The topological polar surface area (TPSA) is 54.0 Å². The van der Waals surface area contributed by atoms with Gasteiger partial charge in [-0.3, -0.25) is 0 Å². The Bertz CT molecular complexity index is 897. The molecule has 0 unspecified atom stereocenters. The molecule has 1 N–H and O–H groups in total. The summed E-state index contributed by atoms with van der Waals surface area (Å²) < 4.78 is 6.52. The minimum atomic E-state index is 0.0226. The van der Waals surface area contributed by atoms with Crippen LogP contribution in [0.2, 0.25) is 0 Å². The second-order valence-electron chi connectivity index (χ2n) is 8.13. The van der Waals surface area contributed by atoms with Gasteiger partial charge in [0.1, 0.15) is 17.4 Å². The number of morpholine rings is 1. The second-order valence-corrected chi connectivity index (χ2v) is 8.13. The largest absolute Gasteiger partial charge is 0.366 e. The van der Waals surface area contributed by atoms with Gasteiger partial charge in [-0.15, -0.1) is 0 Å². The number of H-pyrrole nitrogens is 1. The molecule has 0 saturated carbocycles. The average Bonchev–Trinajstić information content (AvgIpc) is 3.09. The van der Waals surface area contributed by atoms with E-state index in [2.05, 4.69) is 59.9 Å². The molecule has 1 aliphatic rings. The van der Waals surface area contributed by atoms with Crippen molar-refractivity contribution in [2.75, 3.05) is 18.0 Å². The van der Waals surface area contributed by atoms with Crippen molar-refractivity contribution in [1.82, 2.24) is 15.0 Å². The zero-order chi connectivity index (χ0) is 18.3. The number of ether oxygens (including phenoxy) is 1. The SMILES string of the molecule is Cc1nc(N2C[C@@H](c3ccccc3)O[C@@H](C(C)(C)C)C2)c2[nH]ccc2n1. The first-order chi connectivity index (χ1) is 12.4. The molecule has 1 aromatic carbocycles. The third-order valence-electron chi connectivity index (χ3n) is 5.04. The lowest BCUT2D eigenvalue weighted by molar-refractivity contribution is -0.0792. The van der Waals surface area contributed by atoms with Gasteiger partial charge >= 0.3 is 0 Å².